The van der Waals surface area contributed by atoms with E-state index >= 15 is 0 Å². The van der Waals surface area contributed by atoms with Gasteiger partial charge in [0, 0.05) is 5.41 Å². The van der Waals surface area contributed by atoms with Gasteiger partial charge >= 0.3 is 5.97 Å². The molecule has 0 aliphatic heterocycles. The number of hydrogen-bond donors (Lipinski definition) is 0. The fourth-order valence-corrected chi connectivity index (χ4v) is 2.45. The Balaban J connectivity index is 2.15. The molecule has 0 fully saturated rings. The molecule has 0 saturated heterocycles. The fraction of sp³-hybridized carbons (Fsp3) is 0.190. The SMILES string of the molecule is C=COCOc1ccc(C(C)(C)c2ccc(C(=O)OC=C)cc2)cc1. The second kappa shape index (κ2) is 8.20. The molecular formula is C21H22O4. The molecule has 4 nitrogen and oxygen atoms in total. The molecule has 0 aliphatic rings. The molecule has 0 heterocycles. The predicted octanol–water partition coefficient (Wildman–Crippen LogP) is 4.81. The molecule has 2 rings (SSSR count). The average molecular weight is 338 g/mol. The Morgan fingerprint density at radius 2 is 1.52 bits per heavy atom. The summed E-state index contributed by atoms with van der Waals surface area (Å²) in [5, 5.41) is 0. The van der Waals surface area contributed by atoms with Gasteiger partial charge in [0.15, 0.2) is 0 Å². The maximum atomic E-state index is 11.7. The molecule has 0 bridgehead atoms. The topological polar surface area (TPSA) is 44.8 Å². The Morgan fingerprint density at radius 1 is 0.960 bits per heavy atom. The van der Waals surface area contributed by atoms with Crippen LogP contribution in [0.1, 0.15) is 35.3 Å². The second-order valence-electron chi connectivity index (χ2n) is 5.89. The molecular weight excluding hydrogens is 316 g/mol. The van der Waals surface area contributed by atoms with Crippen LogP contribution in [0.25, 0.3) is 0 Å². The van der Waals surface area contributed by atoms with Crippen LogP contribution < -0.4 is 4.74 Å². The molecule has 0 unspecified atom stereocenters. The first kappa shape index (κ1) is 18.3. The van der Waals surface area contributed by atoms with Crippen molar-refractivity contribution >= 4 is 5.97 Å². The fourth-order valence-electron chi connectivity index (χ4n) is 2.45. The monoisotopic (exact) mass is 338 g/mol. The van der Waals surface area contributed by atoms with Gasteiger partial charge in [-0.3, -0.25) is 0 Å². The van der Waals surface area contributed by atoms with Crippen LogP contribution in [0.3, 0.4) is 0 Å². The Morgan fingerprint density at radius 3 is 2.04 bits per heavy atom. The summed E-state index contributed by atoms with van der Waals surface area (Å²) in [5.74, 6) is 0.312. The van der Waals surface area contributed by atoms with Crippen LogP contribution in [0.2, 0.25) is 0 Å². The predicted molar refractivity (Wildman–Crippen MR) is 97.4 cm³/mol. The minimum atomic E-state index is -0.414. The van der Waals surface area contributed by atoms with Crippen molar-refractivity contribution in [2.75, 3.05) is 6.79 Å². The van der Waals surface area contributed by atoms with E-state index in [4.69, 9.17) is 14.2 Å². The first-order valence-electron chi connectivity index (χ1n) is 7.87. The van der Waals surface area contributed by atoms with Crippen molar-refractivity contribution < 1.29 is 19.0 Å². The van der Waals surface area contributed by atoms with Gasteiger partial charge in [-0.1, -0.05) is 51.3 Å². The highest BCUT2D eigenvalue weighted by Gasteiger charge is 2.23. The molecule has 2 aromatic rings. The number of carbonyl (C=O) groups excluding carboxylic acids is 1. The minimum absolute atomic E-state index is 0.133. The number of ether oxygens (including phenoxy) is 3. The number of benzene rings is 2. The maximum absolute atomic E-state index is 11.7. The maximum Gasteiger partial charge on any atom is 0.342 e. The molecule has 0 spiro atoms. The largest absolute Gasteiger partial charge is 0.466 e. The van der Waals surface area contributed by atoms with E-state index < -0.39 is 5.97 Å². The molecule has 0 amide bonds. The summed E-state index contributed by atoms with van der Waals surface area (Å²) in [5.41, 5.74) is 2.49. The zero-order valence-corrected chi connectivity index (χ0v) is 14.5. The van der Waals surface area contributed by atoms with Crippen LogP contribution in [-0.2, 0) is 14.9 Å². The Labute approximate surface area is 148 Å². The van der Waals surface area contributed by atoms with Gasteiger partial charge < -0.3 is 14.2 Å². The van der Waals surface area contributed by atoms with E-state index in [0.29, 0.717) is 5.56 Å². The van der Waals surface area contributed by atoms with Gasteiger partial charge in [-0.2, -0.15) is 0 Å². The zero-order valence-electron chi connectivity index (χ0n) is 14.5. The van der Waals surface area contributed by atoms with Crippen LogP contribution in [0, 0.1) is 0 Å². The Kier molecular flexibility index (Phi) is 6.01. The molecule has 0 radical (unpaired) electrons. The minimum Gasteiger partial charge on any atom is -0.466 e. The highest BCUT2D eigenvalue weighted by Crippen LogP contribution is 2.32. The summed E-state index contributed by atoms with van der Waals surface area (Å²) >= 11 is 0. The number of hydrogen-bond acceptors (Lipinski definition) is 4. The van der Waals surface area contributed by atoms with Crippen LogP contribution >= 0.6 is 0 Å². The molecule has 25 heavy (non-hydrogen) atoms. The number of rotatable bonds is 8. The van der Waals surface area contributed by atoms with E-state index in [1.807, 2.05) is 36.4 Å². The van der Waals surface area contributed by atoms with Crippen molar-refractivity contribution in [1.29, 1.82) is 0 Å². The van der Waals surface area contributed by atoms with Gasteiger partial charge in [0.05, 0.1) is 18.1 Å². The van der Waals surface area contributed by atoms with Crippen LogP contribution in [0.4, 0.5) is 0 Å². The summed E-state index contributed by atoms with van der Waals surface area (Å²) in [4.78, 5) is 11.7. The Hall–Kier alpha value is -3.01. The first-order chi connectivity index (χ1) is 12.0. The third-order valence-electron chi connectivity index (χ3n) is 4.02. The lowest BCUT2D eigenvalue weighted by Gasteiger charge is -2.26. The molecule has 0 aromatic heterocycles. The summed E-state index contributed by atoms with van der Waals surface area (Å²) in [6.45, 7) is 11.2. The van der Waals surface area contributed by atoms with E-state index in [9.17, 15) is 4.79 Å². The van der Waals surface area contributed by atoms with Gasteiger partial charge in [-0.25, -0.2) is 4.79 Å². The van der Waals surface area contributed by atoms with E-state index in [-0.39, 0.29) is 12.2 Å². The van der Waals surface area contributed by atoms with Gasteiger partial charge in [0.25, 0.3) is 0 Å². The normalized spacial score (nSPS) is 10.6. The smallest absolute Gasteiger partial charge is 0.342 e. The van der Waals surface area contributed by atoms with Crippen molar-refractivity contribution in [2.45, 2.75) is 19.3 Å². The molecule has 0 aliphatic carbocycles. The van der Waals surface area contributed by atoms with E-state index in [1.54, 1.807) is 12.1 Å². The van der Waals surface area contributed by atoms with Crippen molar-refractivity contribution in [3.8, 4) is 5.75 Å². The summed E-state index contributed by atoms with van der Waals surface area (Å²) < 4.78 is 15.2. The standard InChI is InChI=1S/C21H22O4/c1-5-23-15-25-19-13-11-18(12-14-19)21(3,4)17-9-7-16(8-10-17)20(22)24-6-2/h5-14H,1-2,15H2,3-4H3. The summed E-state index contributed by atoms with van der Waals surface area (Å²) in [7, 11) is 0. The third kappa shape index (κ3) is 4.51. The van der Waals surface area contributed by atoms with Gasteiger partial charge in [0.1, 0.15) is 5.75 Å². The van der Waals surface area contributed by atoms with E-state index in [1.165, 1.54) is 6.26 Å². The lowest BCUT2D eigenvalue weighted by atomic mass is 9.78. The average Bonchev–Trinajstić information content (AvgIpc) is 2.63. The zero-order chi connectivity index (χ0) is 18.3. The number of carbonyl (C=O) groups is 1. The van der Waals surface area contributed by atoms with Crippen LogP contribution in [-0.4, -0.2) is 12.8 Å². The van der Waals surface area contributed by atoms with Crippen molar-refractivity contribution in [3.05, 3.63) is 90.9 Å². The van der Waals surface area contributed by atoms with Crippen LogP contribution in [0.5, 0.6) is 5.75 Å². The number of esters is 1. The van der Waals surface area contributed by atoms with Crippen molar-refractivity contribution in [2.24, 2.45) is 0 Å². The van der Waals surface area contributed by atoms with Gasteiger partial charge in [0.2, 0.25) is 6.79 Å². The first-order valence-corrected chi connectivity index (χ1v) is 7.87. The highest BCUT2D eigenvalue weighted by molar-refractivity contribution is 5.89. The molecule has 4 heteroatoms. The third-order valence-corrected chi connectivity index (χ3v) is 4.02. The molecule has 2 aromatic carbocycles. The van der Waals surface area contributed by atoms with Gasteiger partial charge in [-0.15, -0.1) is 0 Å². The second-order valence-corrected chi connectivity index (χ2v) is 5.89. The molecule has 0 atom stereocenters. The lowest BCUT2D eigenvalue weighted by Crippen LogP contribution is -2.19. The van der Waals surface area contributed by atoms with Gasteiger partial charge in [-0.05, 0) is 35.4 Å². The van der Waals surface area contributed by atoms with Crippen LogP contribution in [0.15, 0.2) is 74.2 Å². The van der Waals surface area contributed by atoms with Crippen molar-refractivity contribution in [3.63, 3.8) is 0 Å². The molecule has 0 N–H and O–H groups in total. The molecule has 130 valence electrons. The Bertz CT molecular complexity index is 727. The van der Waals surface area contributed by atoms with E-state index in [0.717, 1.165) is 23.1 Å². The van der Waals surface area contributed by atoms with Crippen molar-refractivity contribution in [1.82, 2.24) is 0 Å². The van der Waals surface area contributed by atoms with E-state index in [2.05, 4.69) is 27.0 Å². The highest BCUT2D eigenvalue weighted by atomic mass is 16.7. The lowest BCUT2D eigenvalue weighted by molar-refractivity contribution is 0.0664. The molecule has 0 saturated carbocycles. The summed E-state index contributed by atoms with van der Waals surface area (Å²) in [6, 6.07) is 15.2. The quantitative estimate of drug-likeness (QED) is 0.300. The summed E-state index contributed by atoms with van der Waals surface area (Å²) in [6.07, 6.45) is 2.47.